The zero-order chi connectivity index (χ0) is 22.9. The van der Waals surface area contributed by atoms with Gasteiger partial charge in [-0.3, -0.25) is 4.79 Å². The van der Waals surface area contributed by atoms with E-state index in [4.69, 9.17) is 9.72 Å². The number of carbonyl (C=O) groups excluding carboxylic acids is 1. The van der Waals surface area contributed by atoms with Gasteiger partial charge in [-0.15, -0.1) is 11.3 Å². The first-order chi connectivity index (χ1) is 16.1. The number of methoxy groups -OCH3 is 1. The van der Waals surface area contributed by atoms with E-state index in [1.165, 1.54) is 23.7 Å². The Morgan fingerprint density at radius 2 is 2.12 bits per heavy atom. The van der Waals surface area contributed by atoms with Crippen molar-refractivity contribution in [3.8, 4) is 0 Å². The van der Waals surface area contributed by atoms with Crippen LogP contribution in [0.2, 0.25) is 0 Å². The van der Waals surface area contributed by atoms with Gasteiger partial charge in [-0.1, -0.05) is 6.92 Å². The lowest BCUT2D eigenvalue weighted by Crippen LogP contribution is -2.36. The summed E-state index contributed by atoms with van der Waals surface area (Å²) in [7, 11) is 1.61. The molecule has 33 heavy (non-hydrogen) atoms. The predicted octanol–water partition coefficient (Wildman–Crippen LogP) is 4.10. The third kappa shape index (κ3) is 3.96. The van der Waals surface area contributed by atoms with Crippen molar-refractivity contribution in [1.29, 1.82) is 0 Å². The average Bonchev–Trinajstić information content (AvgIpc) is 3.13. The highest BCUT2D eigenvalue weighted by atomic mass is 32.1. The summed E-state index contributed by atoms with van der Waals surface area (Å²) in [6.45, 7) is 3.60. The molecule has 1 aliphatic heterocycles. The normalized spacial score (nSPS) is 15.7. The maximum atomic E-state index is 13.8. The molecule has 4 aromatic rings. The molecule has 0 spiro atoms. The number of hydrogen-bond donors (Lipinski definition) is 2. The molecular formula is C23H23FN6O2S. The van der Waals surface area contributed by atoms with Crippen LogP contribution in [0.15, 0.2) is 36.7 Å². The number of hydrogen-bond acceptors (Lipinski definition) is 8. The number of carbonyl (C=O) groups is 1. The van der Waals surface area contributed by atoms with Gasteiger partial charge in [0.05, 0.1) is 17.8 Å². The minimum absolute atomic E-state index is 0.0442. The van der Waals surface area contributed by atoms with E-state index in [0.29, 0.717) is 36.2 Å². The lowest BCUT2D eigenvalue weighted by molar-refractivity contribution is 0.0945. The number of thiophene rings is 1. The Hall–Kier alpha value is -3.37. The Kier molecular flexibility index (Phi) is 5.77. The van der Waals surface area contributed by atoms with Crippen molar-refractivity contribution < 1.29 is 13.9 Å². The van der Waals surface area contributed by atoms with Gasteiger partial charge < -0.3 is 20.3 Å². The van der Waals surface area contributed by atoms with E-state index in [2.05, 4.69) is 27.5 Å². The Balaban J connectivity index is 1.61. The fourth-order valence-corrected chi connectivity index (χ4v) is 5.14. The van der Waals surface area contributed by atoms with E-state index < -0.39 is 5.95 Å². The third-order valence-electron chi connectivity index (χ3n) is 5.76. The van der Waals surface area contributed by atoms with Crippen molar-refractivity contribution in [1.82, 2.24) is 20.3 Å². The van der Waals surface area contributed by atoms with Crippen molar-refractivity contribution in [2.24, 2.45) is 0 Å². The number of benzene rings is 1. The maximum absolute atomic E-state index is 13.8. The summed E-state index contributed by atoms with van der Waals surface area (Å²) >= 11 is 1.48. The van der Waals surface area contributed by atoms with E-state index in [1.807, 2.05) is 24.3 Å². The second-order valence-electron chi connectivity index (χ2n) is 7.78. The fourth-order valence-electron chi connectivity index (χ4n) is 4.04. The highest BCUT2D eigenvalue weighted by molar-refractivity contribution is 7.21. The summed E-state index contributed by atoms with van der Waals surface area (Å²) in [6, 6.07) is 9.17. The average molecular weight is 467 g/mol. The predicted molar refractivity (Wildman–Crippen MR) is 128 cm³/mol. The van der Waals surface area contributed by atoms with E-state index in [-0.39, 0.29) is 11.9 Å². The van der Waals surface area contributed by atoms with Crippen LogP contribution in [0, 0.1) is 5.95 Å². The minimum Gasteiger partial charge on any atom is -0.383 e. The first kappa shape index (κ1) is 21.5. The number of pyridine rings is 1. The van der Waals surface area contributed by atoms with Gasteiger partial charge in [-0.05, 0) is 30.7 Å². The molecule has 1 amide bonds. The van der Waals surface area contributed by atoms with Gasteiger partial charge >= 0.3 is 0 Å². The number of anilines is 3. The molecule has 0 bridgehead atoms. The zero-order valence-corrected chi connectivity index (χ0v) is 19.1. The molecule has 1 aliphatic rings. The van der Waals surface area contributed by atoms with Crippen LogP contribution >= 0.6 is 11.3 Å². The second kappa shape index (κ2) is 8.87. The summed E-state index contributed by atoms with van der Waals surface area (Å²) in [4.78, 5) is 27.9. The smallest absolute Gasteiger partial charge is 0.263 e. The number of rotatable bonds is 6. The summed E-state index contributed by atoms with van der Waals surface area (Å²) in [6.07, 6.45) is 2.05. The quantitative estimate of drug-likeness (QED) is 0.414. The molecule has 170 valence electrons. The molecular weight excluding hydrogens is 443 g/mol. The summed E-state index contributed by atoms with van der Waals surface area (Å²) in [5.41, 5.74) is 1.63. The molecule has 0 unspecified atom stereocenters. The number of halogens is 1. The van der Waals surface area contributed by atoms with Gasteiger partial charge in [-0.2, -0.15) is 4.39 Å². The largest absolute Gasteiger partial charge is 0.383 e. The molecule has 1 atom stereocenters. The number of ether oxygens (including phenoxy) is 1. The summed E-state index contributed by atoms with van der Waals surface area (Å²) in [5, 5.41) is 8.52. The second-order valence-corrected chi connectivity index (χ2v) is 8.84. The lowest BCUT2D eigenvalue weighted by atomic mass is 10.1. The van der Waals surface area contributed by atoms with Gasteiger partial charge in [0.25, 0.3) is 5.91 Å². The topological polar surface area (TPSA) is 92.3 Å². The van der Waals surface area contributed by atoms with Crippen molar-refractivity contribution in [2.75, 3.05) is 37.0 Å². The Morgan fingerprint density at radius 3 is 2.91 bits per heavy atom. The molecule has 0 saturated carbocycles. The van der Waals surface area contributed by atoms with Crippen LogP contribution in [0.25, 0.3) is 21.0 Å². The Morgan fingerprint density at radius 1 is 1.24 bits per heavy atom. The molecule has 3 aromatic heterocycles. The number of aromatic nitrogens is 3. The first-order valence-electron chi connectivity index (χ1n) is 10.7. The van der Waals surface area contributed by atoms with Gasteiger partial charge in [0.15, 0.2) is 0 Å². The van der Waals surface area contributed by atoms with Crippen LogP contribution in [0.3, 0.4) is 0 Å². The number of fused-ring (bicyclic) bond motifs is 5. The van der Waals surface area contributed by atoms with E-state index >= 15 is 0 Å². The Bertz CT molecular complexity index is 1340. The summed E-state index contributed by atoms with van der Waals surface area (Å²) < 4.78 is 20.0. The van der Waals surface area contributed by atoms with Gasteiger partial charge in [0.1, 0.15) is 22.8 Å². The molecule has 0 fully saturated rings. The molecule has 0 radical (unpaired) electrons. The minimum atomic E-state index is -0.611. The fraction of sp³-hybridized carbons (Fsp3) is 0.304. The zero-order valence-electron chi connectivity index (χ0n) is 18.3. The molecule has 5 rings (SSSR count). The van der Waals surface area contributed by atoms with Gasteiger partial charge in [-0.25, -0.2) is 15.0 Å². The standard InChI is InChI=1S/C23H23FN6O2S/c1-3-13-11-25-21-20-14-4-7-18(30(8-9-32-2)19-10-17(24)26-12-27-19)29-15(14)5-6-16(20)33-22(21)23(31)28-13/h4-7,10,12-13,25H,3,8-9,11H2,1-2H3,(H,28,31)/t13-/m1/s1. The summed E-state index contributed by atoms with van der Waals surface area (Å²) in [5.74, 6) is 0.369. The SMILES string of the molecule is CC[C@@H]1CNc2c(sc3ccc4nc(N(CCOC)c5cc(F)ncn5)ccc4c23)C(=O)N1. The van der Waals surface area contributed by atoms with Crippen LogP contribution in [-0.4, -0.2) is 53.7 Å². The molecule has 4 heterocycles. The van der Waals surface area contributed by atoms with Crippen molar-refractivity contribution in [3.63, 3.8) is 0 Å². The molecule has 2 N–H and O–H groups in total. The highest BCUT2D eigenvalue weighted by Gasteiger charge is 2.26. The van der Waals surface area contributed by atoms with Crippen molar-refractivity contribution in [2.45, 2.75) is 19.4 Å². The molecule has 1 aromatic carbocycles. The van der Waals surface area contributed by atoms with Crippen LogP contribution in [-0.2, 0) is 4.74 Å². The number of nitrogens with zero attached hydrogens (tertiary/aromatic N) is 4. The van der Waals surface area contributed by atoms with Gasteiger partial charge in [0, 0.05) is 47.8 Å². The van der Waals surface area contributed by atoms with E-state index in [1.54, 1.807) is 12.0 Å². The van der Waals surface area contributed by atoms with Crippen molar-refractivity contribution >= 4 is 55.6 Å². The maximum Gasteiger partial charge on any atom is 0.263 e. The van der Waals surface area contributed by atoms with Crippen LogP contribution < -0.4 is 15.5 Å². The molecule has 8 nitrogen and oxygen atoms in total. The first-order valence-corrected chi connectivity index (χ1v) is 11.6. The number of nitrogens with one attached hydrogen (secondary N) is 2. The van der Waals surface area contributed by atoms with Crippen molar-refractivity contribution in [3.05, 3.63) is 47.5 Å². The van der Waals surface area contributed by atoms with E-state index in [0.717, 1.165) is 33.1 Å². The third-order valence-corrected chi connectivity index (χ3v) is 6.91. The number of amides is 1. The monoisotopic (exact) mass is 466 g/mol. The Labute approximate surface area is 193 Å². The lowest BCUT2D eigenvalue weighted by Gasteiger charge is -2.22. The molecule has 10 heteroatoms. The van der Waals surface area contributed by atoms with E-state index in [9.17, 15) is 9.18 Å². The van der Waals surface area contributed by atoms with Crippen LogP contribution in [0.5, 0.6) is 0 Å². The molecule has 0 saturated heterocycles. The highest BCUT2D eigenvalue weighted by Crippen LogP contribution is 2.41. The molecule has 0 aliphatic carbocycles. The van der Waals surface area contributed by atoms with Crippen LogP contribution in [0.4, 0.5) is 21.7 Å². The van der Waals surface area contributed by atoms with Gasteiger partial charge in [0.2, 0.25) is 5.95 Å². The van der Waals surface area contributed by atoms with Crippen LogP contribution in [0.1, 0.15) is 23.0 Å².